The topological polar surface area (TPSA) is 35.5 Å². The molecule has 20 heavy (non-hydrogen) atoms. The number of benzene rings is 2. The molecule has 104 valence electrons. The molecule has 0 unspecified atom stereocenters. The number of hydrogen-bond donors (Lipinski definition) is 0. The molecule has 3 nitrogen and oxygen atoms in total. The number of carbonyl (C=O) groups excluding carboxylic acids is 1. The van der Waals surface area contributed by atoms with Gasteiger partial charge in [-0.3, -0.25) is 4.79 Å². The number of ether oxygens (including phenoxy) is 2. The van der Waals surface area contributed by atoms with Crippen molar-refractivity contribution < 1.29 is 14.3 Å². The van der Waals surface area contributed by atoms with Gasteiger partial charge in [0.05, 0.1) is 6.61 Å². The van der Waals surface area contributed by atoms with E-state index in [0.29, 0.717) is 12.2 Å². The number of carbonyl (C=O) groups is 1. The summed E-state index contributed by atoms with van der Waals surface area (Å²) in [6.07, 6.45) is 1.82. The average molecular weight is 270 g/mol. The maximum atomic E-state index is 10.7. The lowest BCUT2D eigenvalue weighted by molar-refractivity contribution is 0.112. The Kier molecular flexibility index (Phi) is 4.77. The maximum absolute atomic E-state index is 10.7. The van der Waals surface area contributed by atoms with Crippen LogP contribution < -0.4 is 9.47 Å². The SMILES string of the molecule is CCCOc1ccc(Oc2ccc(C=O)cc2C)cc1. The van der Waals surface area contributed by atoms with Crippen LogP contribution in [-0.2, 0) is 0 Å². The Morgan fingerprint density at radius 2 is 1.75 bits per heavy atom. The van der Waals surface area contributed by atoms with Crippen molar-refractivity contribution in [2.45, 2.75) is 20.3 Å². The molecule has 0 atom stereocenters. The average Bonchev–Trinajstić information content (AvgIpc) is 2.48. The Balaban J connectivity index is 2.08. The molecule has 0 aliphatic carbocycles. The van der Waals surface area contributed by atoms with Crippen molar-refractivity contribution in [3.8, 4) is 17.2 Å². The highest BCUT2D eigenvalue weighted by Crippen LogP contribution is 2.27. The van der Waals surface area contributed by atoms with E-state index in [2.05, 4.69) is 6.92 Å². The third kappa shape index (κ3) is 3.60. The van der Waals surface area contributed by atoms with Crippen LogP contribution in [0.5, 0.6) is 17.2 Å². The number of rotatable bonds is 6. The lowest BCUT2D eigenvalue weighted by Crippen LogP contribution is -1.94. The van der Waals surface area contributed by atoms with Gasteiger partial charge in [-0.1, -0.05) is 6.92 Å². The second-order valence-electron chi connectivity index (χ2n) is 4.56. The third-order valence-electron chi connectivity index (χ3n) is 2.86. The number of hydrogen-bond acceptors (Lipinski definition) is 3. The van der Waals surface area contributed by atoms with E-state index in [-0.39, 0.29) is 0 Å². The van der Waals surface area contributed by atoms with Gasteiger partial charge in [0.15, 0.2) is 0 Å². The molecule has 0 heterocycles. The van der Waals surface area contributed by atoms with Crippen LogP contribution >= 0.6 is 0 Å². The molecule has 2 aromatic carbocycles. The highest BCUT2D eigenvalue weighted by molar-refractivity contribution is 5.75. The van der Waals surface area contributed by atoms with Crippen LogP contribution in [0, 0.1) is 6.92 Å². The Labute approximate surface area is 119 Å². The molecule has 3 heteroatoms. The molecule has 0 aromatic heterocycles. The van der Waals surface area contributed by atoms with Gasteiger partial charge in [-0.25, -0.2) is 0 Å². The zero-order valence-electron chi connectivity index (χ0n) is 11.8. The molecule has 0 spiro atoms. The van der Waals surface area contributed by atoms with E-state index in [1.165, 1.54) is 0 Å². The molecule has 2 aromatic rings. The standard InChI is InChI=1S/C17H18O3/c1-3-10-19-15-5-7-16(8-6-15)20-17-9-4-14(12-18)11-13(17)2/h4-9,11-12H,3,10H2,1-2H3. The molecule has 0 amide bonds. The number of aryl methyl sites for hydroxylation is 1. The van der Waals surface area contributed by atoms with Gasteiger partial charge < -0.3 is 9.47 Å². The summed E-state index contributed by atoms with van der Waals surface area (Å²) in [5.74, 6) is 2.33. The molecular weight excluding hydrogens is 252 g/mol. The van der Waals surface area contributed by atoms with Crippen molar-refractivity contribution in [3.05, 3.63) is 53.6 Å². The molecule has 0 saturated heterocycles. The second-order valence-corrected chi connectivity index (χ2v) is 4.56. The van der Waals surface area contributed by atoms with E-state index in [9.17, 15) is 4.79 Å². The predicted octanol–water partition coefficient (Wildman–Crippen LogP) is 4.39. The van der Waals surface area contributed by atoms with Crippen LogP contribution in [0.15, 0.2) is 42.5 Å². The smallest absolute Gasteiger partial charge is 0.150 e. The summed E-state index contributed by atoms with van der Waals surface area (Å²) in [6.45, 7) is 4.71. The Bertz CT molecular complexity index is 573. The molecule has 2 rings (SSSR count). The largest absolute Gasteiger partial charge is 0.494 e. The van der Waals surface area contributed by atoms with Crippen molar-refractivity contribution in [1.29, 1.82) is 0 Å². The molecule has 0 N–H and O–H groups in total. The zero-order valence-corrected chi connectivity index (χ0v) is 11.8. The minimum atomic E-state index is 0.651. The summed E-state index contributed by atoms with van der Waals surface area (Å²) in [5.41, 5.74) is 1.58. The van der Waals surface area contributed by atoms with Crippen molar-refractivity contribution in [2.75, 3.05) is 6.61 Å². The van der Waals surface area contributed by atoms with Gasteiger partial charge in [-0.05, 0) is 61.4 Å². The monoisotopic (exact) mass is 270 g/mol. The van der Waals surface area contributed by atoms with E-state index in [1.54, 1.807) is 18.2 Å². The van der Waals surface area contributed by atoms with Gasteiger partial charge in [-0.15, -0.1) is 0 Å². The first-order chi connectivity index (χ1) is 9.72. The van der Waals surface area contributed by atoms with Crippen LogP contribution in [0.3, 0.4) is 0 Å². The predicted molar refractivity (Wildman–Crippen MR) is 78.9 cm³/mol. The van der Waals surface area contributed by atoms with Crippen LogP contribution in [-0.4, -0.2) is 12.9 Å². The van der Waals surface area contributed by atoms with Crippen molar-refractivity contribution >= 4 is 6.29 Å². The lowest BCUT2D eigenvalue weighted by atomic mass is 10.1. The third-order valence-corrected chi connectivity index (χ3v) is 2.86. The number of aldehydes is 1. The molecule has 0 aliphatic heterocycles. The highest BCUT2D eigenvalue weighted by atomic mass is 16.5. The van der Waals surface area contributed by atoms with Gasteiger partial charge in [0.2, 0.25) is 0 Å². The quantitative estimate of drug-likeness (QED) is 0.730. The van der Waals surface area contributed by atoms with Gasteiger partial charge in [0, 0.05) is 5.56 Å². The van der Waals surface area contributed by atoms with Crippen LogP contribution in [0.4, 0.5) is 0 Å². The highest BCUT2D eigenvalue weighted by Gasteiger charge is 2.03. The van der Waals surface area contributed by atoms with E-state index in [4.69, 9.17) is 9.47 Å². The van der Waals surface area contributed by atoms with Crippen molar-refractivity contribution in [1.82, 2.24) is 0 Å². The maximum Gasteiger partial charge on any atom is 0.150 e. The molecule has 0 radical (unpaired) electrons. The lowest BCUT2D eigenvalue weighted by Gasteiger charge is -2.10. The molecule has 0 aliphatic rings. The molecule has 0 bridgehead atoms. The molecule has 0 fully saturated rings. The summed E-state index contributed by atoms with van der Waals surface area (Å²) in [6, 6.07) is 12.9. The van der Waals surface area contributed by atoms with Gasteiger partial charge in [0.1, 0.15) is 23.5 Å². The van der Waals surface area contributed by atoms with Gasteiger partial charge in [0.25, 0.3) is 0 Å². The molecule has 0 saturated carbocycles. The van der Waals surface area contributed by atoms with E-state index in [1.807, 2.05) is 31.2 Å². The fourth-order valence-electron chi connectivity index (χ4n) is 1.81. The van der Waals surface area contributed by atoms with Crippen molar-refractivity contribution in [2.24, 2.45) is 0 Å². The fraction of sp³-hybridized carbons (Fsp3) is 0.235. The summed E-state index contributed by atoms with van der Waals surface area (Å²) in [7, 11) is 0. The Morgan fingerprint density at radius 1 is 1.05 bits per heavy atom. The first kappa shape index (κ1) is 14.1. The van der Waals surface area contributed by atoms with Crippen LogP contribution in [0.1, 0.15) is 29.3 Å². The minimum Gasteiger partial charge on any atom is -0.494 e. The van der Waals surface area contributed by atoms with Gasteiger partial charge >= 0.3 is 0 Å². The molecular formula is C17H18O3. The van der Waals surface area contributed by atoms with E-state index >= 15 is 0 Å². The summed E-state index contributed by atoms with van der Waals surface area (Å²) in [4.78, 5) is 10.7. The first-order valence-corrected chi connectivity index (χ1v) is 6.69. The van der Waals surface area contributed by atoms with Crippen LogP contribution in [0.25, 0.3) is 0 Å². The normalized spacial score (nSPS) is 10.1. The second kappa shape index (κ2) is 6.75. The van der Waals surface area contributed by atoms with E-state index < -0.39 is 0 Å². The summed E-state index contributed by atoms with van der Waals surface area (Å²) < 4.78 is 11.3. The minimum absolute atomic E-state index is 0.651. The van der Waals surface area contributed by atoms with E-state index in [0.717, 1.165) is 35.5 Å². The zero-order chi connectivity index (χ0) is 14.4. The summed E-state index contributed by atoms with van der Waals surface area (Å²) in [5, 5.41) is 0. The van der Waals surface area contributed by atoms with Gasteiger partial charge in [-0.2, -0.15) is 0 Å². The fourth-order valence-corrected chi connectivity index (χ4v) is 1.81. The summed E-state index contributed by atoms with van der Waals surface area (Å²) >= 11 is 0. The Morgan fingerprint density at radius 3 is 2.35 bits per heavy atom. The Hall–Kier alpha value is -2.29. The first-order valence-electron chi connectivity index (χ1n) is 6.69. The van der Waals surface area contributed by atoms with Crippen LogP contribution in [0.2, 0.25) is 0 Å². The van der Waals surface area contributed by atoms with Crippen molar-refractivity contribution in [3.63, 3.8) is 0 Å².